The number of rotatable bonds is 1. The van der Waals surface area contributed by atoms with Crippen molar-refractivity contribution in [2.24, 2.45) is 0 Å². The summed E-state index contributed by atoms with van der Waals surface area (Å²) in [5.41, 5.74) is 1.73. The van der Waals surface area contributed by atoms with Gasteiger partial charge in [-0.05, 0) is 0 Å². The van der Waals surface area contributed by atoms with Gasteiger partial charge in [-0.15, -0.1) is 0 Å². The molecule has 2 rings (SSSR count). The number of hydrogen-bond acceptors (Lipinski definition) is 1. The molecule has 2 aromatic rings. The Labute approximate surface area is 299 Å². The fraction of sp³-hybridized carbons (Fsp3) is 0.167. The van der Waals surface area contributed by atoms with E-state index in [1.54, 1.807) is 18.1 Å². The summed E-state index contributed by atoms with van der Waals surface area (Å²) in [7, 11) is 0. The number of benzene rings is 2. The van der Waals surface area contributed by atoms with Gasteiger partial charge in [0.1, 0.15) is 0 Å². The van der Waals surface area contributed by atoms with Crippen LogP contribution in [0.4, 0.5) is 0 Å². The number of hydrogen-bond donors (Lipinski definition) is 0. The first-order chi connectivity index (χ1) is 9.20. The minimum atomic E-state index is -0.731. The topological polar surface area (TPSA) is 23.1 Å². The summed E-state index contributed by atoms with van der Waals surface area (Å²) in [5.74, 6) is 0. The van der Waals surface area contributed by atoms with E-state index in [0.717, 1.165) is 0 Å². The summed E-state index contributed by atoms with van der Waals surface area (Å²) in [6, 6.07) is 0. The standard InChI is InChI=1S/C12H6OS.6Ra.6H/c1-9-3-4-11-8-12(14(2)13)6-5-10(11)7-9;;;;;;;;;;;;/h1-2H3;;;;;;;;;;;;. The van der Waals surface area contributed by atoms with Gasteiger partial charge in [-0.25, -0.2) is 0 Å². The second-order valence-electron chi connectivity index (χ2n) is 5.91. The third kappa shape index (κ3) is 5.10. The predicted molar refractivity (Wildman–Crippen MR) is 67.2 cm³/mol. The van der Waals surface area contributed by atoms with Crippen LogP contribution < -0.4 is 3.63 Å². The molecular weight excluding hydrogens is 1550 g/mol. The maximum atomic E-state index is 12.3. The van der Waals surface area contributed by atoms with E-state index in [0.29, 0.717) is 257 Å². The average Bonchev–Trinajstić information content (AvgIpc) is 2.37. The molecule has 0 amide bonds. The average molecular weight is 1560 g/mol. The molecule has 0 fully saturated rings. The van der Waals surface area contributed by atoms with Gasteiger partial charge in [-0.2, -0.15) is 0 Å². The van der Waals surface area contributed by atoms with Crippen LogP contribution >= 0.6 is 0 Å². The Balaban J connectivity index is 3.17. The van der Waals surface area contributed by atoms with Crippen molar-refractivity contribution in [1.82, 2.24) is 0 Å². The third-order valence-electron chi connectivity index (χ3n) is 4.97. The van der Waals surface area contributed by atoms with E-state index in [9.17, 15) is 4.55 Å². The van der Waals surface area contributed by atoms with Gasteiger partial charge in [0.15, 0.2) is 0 Å². The van der Waals surface area contributed by atoms with E-state index < -0.39 is 11.2 Å². The van der Waals surface area contributed by atoms with Crippen LogP contribution in [0.3, 0.4) is 0 Å². The van der Waals surface area contributed by atoms with E-state index in [4.69, 9.17) is 0 Å². The van der Waals surface area contributed by atoms with Crippen molar-refractivity contribution < 1.29 is 261 Å². The van der Waals surface area contributed by atoms with Crippen molar-refractivity contribution in [1.29, 1.82) is 0 Å². The van der Waals surface area contributed by atoms with Crippen LogP contribution in [0.25, 0.3) is 10.8 Å². The first-order valence-corrected chi connectivity index (χ1v) is 33.2. The van der Waals surface area contributed by atoms with Gasteiger partial charge < -0.3 is 0 Å². The molecule has 1 unspecified atom stereocenters. The van der Waals surface area contributed by atoms with Crippen LogP contribution in [0.15, 0.2) is 4.90 Å². The van der Waals surface area contributed by atoms with Crippen molar-refractivity contribution in [3.8, 4) is 0 Å². The third-order valence-corrected chi connectivity index (χ3v) is 73.7. The Morgan fingerprint density at radius 1 is 0.700 bits per heavy atom. The van der Waals surface area contributed by atoms with Crippen molar-refractivity contribution in [2.45, 2.75) is 11.8 Å². The summed E-state index contributed by atoms with van der Waals surface area (Å²) in [6.07, 6.45) is 1.93. The summed E-state index contributed by atoms with van der Waals surface area (Å²) in [4.78, 5) is 1.36. The molecule has 0 aromatic heterocycles. The molecule has 0 saturated heterocycles. The Morgan fingerprint density at radius 2 is 1.15 bits per heavy atom. The van der Waals surface area contributed by atoms with Crippen molar-refractivity contribution >= 4 is 25.6 Å². The predicted octanol–water partition coefficient (Wildman–Crippen LogP) is -3.67. The summed E-state index contributed by atoms with van der Waals surface area (Å²) in [6.45, 7) is 2.42. The van der Waals surface area contributed by atoms with Crippen molar-refractivity contribution in [3.63, 3.8) is 0 Å². The Morgan fingerprint density at radius 3 is 1.65 bits per heavy atom. The SMILES string of the molecule is Cc1[c]([RaH])[c]([RaH])c2[c]([RaH])c([S+](C)[O-])[c]([RaH])[c]([RaH])c2[c]1[RaH]. The minimum absolute atomic E-state index is 0.308. The van der Waals surface area contributed by atoms with Gasteiger partial charge in [-0.1, -0.05) is 0 Å². The van der Waals surface area contributed by atoms with E-state index in [1.807, 2.05) is 8.07 Å². The molecule has 8 heteroatoms. The van der Waals surface area contributed by atoms with Crippen molar-refractivity contribution in [3.05, 3.63) is 5.56 Å². The van der Waals surface area contributed by atoms with E-state index in [1.165, 1.54) is 4.90 Å². The molecule has 1 atom stereocenters. The Kier molecular flexibility index (Phi) is 12.9. The zero-order chi connectivity index (χ0) is 15.4. The van der Waals surface area contributed by atoms with Gasteiger partial charge in [0, 0.05) is 0 Å². The molecule has 20 heavy (non-hydrogen) atoms. The van der Waals surface area contributed by atoms with E-state index >= 15 is 0 Å². The molecule has 0 spiro atoms. The first-order valence-electron chi connectivity index (χ1n) is 7.03. The molecular formula is C12H12ORa6S. The molecule has 0 bridgehead atoms. The van der Waals surface area contributed by atoms with Crippen LogP contribution in [0, 0.1) is 264 Å². The van der Waals surface area contributed by atoms with Gasteiger partial charge in [0.2, 0.25) is 0 Å². The fourth-order valence-electron chi connectivity index (χ4n) is 3.43. The quantitative estimate of drug-likeness (QED) is 0.271. The Hall–Kier alpha value is 7.82. The Bertz CT molecular complexity index is 728. The molecule has 0 aliphatic carbocycles. The molecule has 1 nitrogen and oxygen atoms in total. The van der Waals surface area contributed by atoms with Gasteiger partial charge in [0.25, 0.3) is 0 Å². The van der Waals surface area contributed by atoms with Crippen LogP contribution in [0.5, 0.6) is 0 Å². The molecule has 0 aliphatic heterocycles. The zero-order valence-corrected chi connectivity index (χ0v) is 64.0. The second kappa shape index (κ2) is 10.7. The van der Waals surface area contributed by atoms with Crippen molar-refractivity contribution in [2.75, 3.05) is 6.26 Å². The van der Waals surface area contributed by atoms with Crippen LogP contribution in [0.1, 0.15) is 5.56 Å². The molecule has 0 aliphatic rings. The summed E-state index contributed by atoms with van der Waals surface area (Å²) < 4.78 is 22.8. The molecule has 0 radical (unpaired) electrons. The fourth-order valence-corrected chi connectivity index (χ4v) is 67.2. The van der Waals surface area contributed by atoms with Gasteiger partial charge in [-0.3, -0.25) is 0 Å². The molecule has 2 aromatic carbocycles. The van der Waals surface area contributed by atoms with Gasteiger partial charge >= 0.3 is 311 Å². The second-order valence-corrected chi connectivity index (χ2v) is 31.9. The first kappa shape index (κ1) is 24.1. The molecule has 0 saturated carbocycles. The van der Waals surface area contributed by atoms with Crippen LogP contribution in [-0.4, -0.2) is 10.8 Å². The summed E-state index contributed by atoms with van der Waals surface area (Å²) >= 11 is 1.65. The van der Waals surface area contributed by atoms with Crippen LogP contribution in [0.2, 0.25) is 0 Å². The van der Waals surface area contributed by atoms with Gasteiger partial charge in [0.05, 0.1) is 0 Å². The molecule has 84 valence electrons. The summed E-state index contributed by atoms with van der Waals surface area (Å²) in [5, 5.41) is 3.49. The zero-order valence-electron chi connectivity index (χ0n) is 13.8. The molecule has 0 N–H and O–H groups in total. The van der Waals surface area contributed by atoms with E-state index in [-0.39, 0.29) is 0 Å². The maximum absolute atomic E-state index is 12.3. The van der Waals surface area contributed by atoms with E-state index in [2.05, 4.69) is 6.92 Å². The number of fused-ring (bicyclic) bond motifs is 1. The monoisotopic (exact) mass is 1560 g/mol. The molecule has 0 heterocycles. The normalized spacial score (nSPS) is 12.4. The van der Waals surface area contributed by atoms with Crippen LogP contribution in [-0.2, 0) is 11.2 Å².